The highest BCUT2D eigenvalue weighted by atomic mass is 16.2. The third kappa shape index (κ3) is 4.92. The van der Waals surface area contributed by atoms with Crippen LogP contribution in [0.15, 0.2) is 49.1 Å². The van der Waals surface area contributed by atoms with Gasteiger partial charge >= 0.3 is 0 Å². The summed E-state index contributed by atoms with van der Waals surface area (Å²) in [6, 6.07) is 8.30. The van der Waals surface area contributed by atoms with Gasteiger partial charge in [-0.1, -0.05) is 13.3 Å². The van der Waals surface area contributed by atoms with Gasteiger partial charge in [0.25, 0.3) is 0 Å². The van der Waals surface area contributed by atoms with E-state index in [1.54, 1.807) is 0 Å². The molecular formula is C20H28N4O. The molecule has 0 saturated carbocycles. The molecule has 5 nitrogen and oxygen atoms in total. The highest BCUT2D eigenvalue weighted by Gasteiger charge is 2.25. The third-order valence-electron chi connectivity index (χ3n) is 4.94. The fourth-order valence-electron chi connectivity index (χ4n) is 3.52. The highest BCUT2D eigenvalue weighted by Crippen LogP contribution is 2.18. The van der Waals surface area contributed by atoms with Gasteiger partial charge in [-0.15, -0.1) is 0 Å². The van der Waals surface area contributed by atoms with E-state index >= 15 is 0 Å². The molecule has 1 aliphatic heterocycles. The van der Waals surface area contributed by atoms with Crippen molar-refractivity contribution in [3.63, 3.8) is 0 Å². The molecule has 1 amide bonds. The lowest BCUT2D eigenvalue weighted by molar-refractivity contribution is -0.125. The minimum Gasteiger partial charge on any atom is -0.351 e. The van der Waals surface area contributed by atoms with E-state index in [4.69, 9.17) is 0 Å². The van der Waals surface area contributed by atoms with Gasteiger partial charge in [-0.05, 0) is 49.1 Å². The van der Waals surface area contributed by atoms with E-state index in [2.05, 4.69) is 34.3 Å². The molecule has 1 atom stereocenters. The number of carbonyl (C=O) groups is 1. The maximum atomic E-state index is 12.7. The van der Waals surface area contributed by atoms with Crippen LogP contribution in [-0.2, 0) is 11.3 Å². The van der Waals surface area contributed by atoms with Gasteiger partial charge in [0, 0.05) is 50.5 Å². The molecule has 1 N–H and O–H groups in total. The van der Waals surface area contributed by atoms with Crippen molar-refractivity contribution in [2.75, 3.05) is 13.1 Å². The summed E-state index contributed by atoms with van der Waals surface area (Å²) < 4.78 is 2.03. The molecule has 2 aromatic heterocycles. The number of rotatable bonds is 7. The summed E-state index contributed by atoms with van der Waals surface area (Å²) in [5, 5.41) is 3.28. The predicted octanol–water partition coefficient (Wildman–Crippen LogP) is 3.01. The minimum absolute atomic E-state index is 0.0881. The molecule has 1 fully saturated rings. The molecule has 25 heavy (non-hydrogen) atoms. The van der Waals surface area contributed by atoms with Crippen molar-refractivity contribution in [2.24, 2.45) is 0 Å². The van der Waals surface area contributed by atoms with E-state index in [0.717, 1.165) is 45.3 Å². The molecule has 2 aromatic rings. The topological polar surface area (TPSA) is 50.2 Å². The number of nitrogens with zero attached hydrogens (tertiary/aromatic N) is 3. The molecule has 3 heterocycles. The van der Waals surface area contributed by atoms with Crippen LogP contribution in [0, 0.1) is 0 Å². The lowest BCUT2D eigenvalue weighted by Gasteiger charge is -2.33. The lowest BCUT2D eigenvalue weighted by atomic mass is 10.0. The number of hydrogen-bond donors (Lipinski definition) is 1. The van der Waals surface area contributed by atoms with E-state index in [0.29, 0.717) is 0 Å². The Balaban J connectivity index is 1.48. The average molecular weight is 340 g/mol. The van der Waals surface area contributed by atoms with E-state index in [1.807, 2.05) is 41.5 Å². The lowest BCUT2D eigenvalue weighted by Crippen LogP contribution is -2.46. The molecule has 0 radical (unpaired) electrons. The fraction of sp³-hybridized carbons (Fsp3) is 0.500. The second kappa shape index (κ2) is 8.81. The first kappa shape index (κ1) is 17.7. The smallest absolute Gasteiger partial charge is 0.243 e. The number of carbonyl (C=O) groups excluding carboxylic acids is 1. The number of pyridine rings is 1. The summed E-state index contributed by atoms with van der Waals surface area (Å²) in [5.74, 6) is 0.158. The second-order valence-corrected chi connectivity index (χ2v) is 6.85. The van der Waals surface area contributed by atoms with Gasteiger partial charge in [-0.25, -0.2) is 0 Å². The van der Waals surface area contributed by atoms with E-state index < -0.39 is 0 Å². The van der Waals surface area contributed by atoms with Crippen LogP contribution in [0.5, 0.6) is 0 Å². The number of nitrogens with one attached hydrogen (secondary N) is 1. The van der Waals surface area contributed by atoms with E-state index in [-0.39, 0.29) is 18.0 Å². The maximum Gasteiger partial charge on any atom is 0.243 e. The Bertz CT molecular complexity index is 633. The van der Waals surface area contributed by atoms with Crippen molar-refractivity contribution in [3.05, 3.63) is 54.6 Å². The zero-order valence-electron chi connectivity index (χ0n) is 15.0. The van der Waals surface area contributed by atoms with Crippen LogP contribution in [0.25, 0.3) is 0 Å². The molecule has 0 spiro atoms. The van der Waals surface area contributed by atoms with Crippen molar-refractivity contribution in [2.45, 2.75) is 51.2 Å². The van der Waals surface area contributed by atoms with Gasteiger partial charge < -0.3 is 9.88 Å². The molecule has 0 bridgehead atoms. The van der Waals surface area contributed by atoms with Crippen molar-refractivity contribution in [1.29, 1.82) is 0 Å². The van der Waals surface area contributed by atoms with Gasteiger partial charge in [0.2, 0.25) is 5.91 Å². The first-order chi connectivity index (χ1) is 12.3. The normalized spacial score (nSPS) is 17.3. The van der Waals surface area contributed by atoms with Gasteiger partial charge in [0.15, 0.2) is 0 Å². The molecule has 5 heteroatoms. The minimum atomic E-state index is -0.0881. The Morgan fingerprint density at radius 2 is 1.92 bits per heavy atom. The average Bonchev–Trinajstić information content (AvgIpc) is 3.16. The molecule has 1 saturated heterocycles. The summed E-state index contributed by atoms with van der Waals surface area (Å²) in [6.45, 7) is 5.14. The van der Waals surface area contributed by atoms with Crippen molar-refractivity contribution in [1.82, 2.24) is 19.8 Å². The first-order valence-electron chi connectivity index (χ1n) is 9.30. The molecule has 134 valence electrons. The fourth-order valence-corrected chi connectivity index (χ4v) is 3.52. The molecular weight excluding hydrogens is 312 g/mol. The number of hydrogen-bond acceptors (Lipinski definition) is 3. The SMILES string of the molecule is CCCC(C(=O)NC1CCN(Cc2ccncc2)CC1)n1cccc1. The van der Waals surface area contributed by atoms with Crippen molar-refractivity contribution in [3.8, 4) is 0 Å². The number of amides is 1. The molecule has 3 rings (SSSR count). The van der Waals surface area contributed by atoms with Crippen LogP contribution < -0.4 is 5.32 Å². The Morgan fingerprint density at radius 1 is 1.24 bits per heavy atom. The van der Waals surface area contributed by atoms with E-state index in [1.165, 1.54) is 5.56 Å². The Kier molecular flexibility index (Phi) is 6.23. The van der Waals surface area contributed by atoms with Crippen LogP contribution in [0.3, 0.4) is 0 Å². The standard InChI is InChI=1S/C20H28N4O/c1-2-5-19(24-12-3-4-13-24)20(25)22-18-8-14-23(15-9-18)16-17-6-10-21-11-7-17/h3-4,6-7,10-13,18-19H,2,5,8-9,14-16H2,1H3,(H,22,25). The summed E-state index contributed by atoms with van der Waals surface area (Å²) in [6.07, 6.45) is 11.6. The number of aromatic nitrogens is 2. The van der Waals surface area contributed by atoms with Crippen LogP contribution in [0.1, 0.15) is 44.2 Å². The van der Waals surface area contributed by atoms with Gasteiger partial charge in [0.1, 0.15) is 6.04 Å². The van der Waals surface area contributed by atoms with E-state index in [9.17, 15) is 4.79 Å². The first-order valence-corrected chi connectivity index (χ1v) is 9.30. The molecule has 1 unspecified atom stereocenters. The van der Waals surface area contributed by atoms with Gasteiger partial charge in [-0.3, -0.25) is 14.7 Å². The van der Waals surface area contributed by atoms with Crippen molar-refractivity contribution >= 4 is 5.91 Å². The number of piperidine rings is 1. The largest absolute Gasteiger partial charge is 0.351 e. The van der Waals surface area contributed by atoms with Crippen LogP contribution in [-0.4, -0.2) is 39.5 Å². The summed E-state index contributed by atoms with van der Waals surface area (Å²) in [7, 11) is 0. The Labute approximate surface area is 150 Å². The summed E-state index contributed by atoms with van der Waals surface area (Å²) in [4.78, 5) is 19.2. The monoisotopic (exact) mass is 340 g/mol. The summed E-state index contributed by atoms with van der Waals surface area (Å²) in [5.41, 5.74) is 1.30. The molecule has 0 aromatic carbocycles. The zero-order chi connectivity index (χ0) is 17.5. The third-order valence-corrected chi connectivity index (χ3v) is 4.94. The second-order valence-electron chi connectivity index (χ2n) is 6.85. The zero-order valence-corrected chi connectivity index (χ0v) is 15.0. The van der Waals surface area contributed by atoms with Crippen LogP contribution in [0.4, 0.5) is 0 Å². The van der Waals surface area contributed by atoms with Crippen LogP contribution in [0.2, 0.25) is 0 Å². The Morgan fingerprint density at radius 3 is 2.56 bits per heavy atom. The predicted molar refractivity (Wildman–Crippen MR) is 99.1 cm³/mol. The molecule has 1 aliphatic rings. The molecule has 0 aliphatic carbocycles. The summed E-state index contributed by atoms with van der Waals surface area (Å²) >= 11 is 0. The van der Waals surface area contributed by atoms with Gasteiger partial charge in [0.05, 0.1) is 0 Å². The maximum absolute atomic E-state index is 12.7. The van der Waals surface area contributed by atoms with Crippen molar-refractivity contribution < 1.29 is 4.79 Å². The Hall–Kier alpha value is -2.14. The quantitative estimate of drug-likeness (QED) is 0.843. The number of likely N-dealkylation sites (tertiary alicyclic amines) is 1. The highest BCUT2D eigenvalue weighted by molar-refractivity contribution is 5.80. The van der Waals surface area contributed by atoms with Crippen LogP contribution >= 0.6 is 0 Å². The van der Waals surface area contributed by atoms with Gasteiger partial charge in [-0.2, -0.15) is 0 Å².